The van der Waals surface area contributed by atoms with E-state index in [-0.39, 0.29) is 17.4 Å². The first kappa shape index (κ1) is 14.6. The van der Waals surface area contributed by atoms with E-state index in [9.17, 15) is 14.4 Å². The highest BCUT2D eigenvalue weighted by molar-refractivity contribution is 7.98. The van der Waals surface area contributed by atoms with Gasteiger partial charge >= 0.3 is 5.69 Å². The number of rotatable bonds is 4. The molecule has 2 rings (SSSR count). The van der Waals surface area contributed by atoms with Crippen LogP contribution < -0.4 is 11.2 Å². The number of aromatic amines is 1. The summed E-state index contributed by atoms with van der Waals surface area (Å²) in [4.78, 5) is 37.8. The van der Waals surface area contributed by atoms with Gasteiger partial charge in [0.1, 0.15) is 5.02 Å². The summed E-state index contributed by atoms with van der Waals surface area (Å²) in [5, 5.41) is -0.130. The van der Waals surface area contributed by atoms with Crippen molar-refractivity contribution in [2.75, 3.05) is 6.26 Å². The molecule has 1 heterocycles. The monoisotopic (exact) mass is 310 g/mol. The second-order valence-corrected chi connectivity index (χ2v) is 5.30. The van der Waals surface area contributed by atoms with Crippen molar-refractivity contribution in [2.45, 2.75) is 11.4 Å². The number of halogens is 1. The van der Waals surface area contributed by atoms with Crippen LogP contribution in [0, 0.1) is 0 Å². The third kappa shape index (κ3) is 3.20. The van der Waals surface area contributed by atoms with E-state index in [0.717, 1.165) is 15.7 Å². The minimum absolute atomic E-state index is 0.130. The lowest BCUT2D eigenvalue weighted by atomic mass is 10.1. The second kappa shape index (κ2) is 6.11. The summed E-state index contributed by atoms with van der Waals surface area (Å²) >= 11 is 7.21. The summed E-state index contributed by atoms with van der Waals surface area (Å²) in [6.07, 6.45) is 3.11. The molecule has 0 saturated carbocycles. The SMILES string of the molecule is CSc1ccc(C(=O)Cn2cc(Cl)c(=O)[nH]c2=O)cc1. The summed E-state index contributed by atoms with van der Waals surface area (Å²) in [5.41, 5.74) is -0.824. The first-order valence-electron chi connectivity index (χ1n) is 5.68. The number of Topliss-reactive ketones (excluding diaryl/α,β-unsaturated/α-hetero) is 1. The molecule has 0 aliphatic carbocycles. The maximum atomic E-state index is 12.1. The number of carbonyl (C=O) groups excluding carboxylic acids is 1. The van der Waals surface area contributed by atoms with Crippen molar-refractivity contribution in [1.29, 1.82) is 0 Å². The molecule has 0 aliphatic rings. The van der Waals surface area contributed by atoms with Crippen LogP contribution in [0.15, 0.2) is 44.9 Å². The van der Waals surface area contributed by atoms with Crippen LogP contribution in [-0.4, -0.2) is 21.6 Å². The molecule has 1 aromatic carbocycles. The fourth-order valence-corrected chi connectivity index (χ4v) is 2.20. The molecular weight excluding hydrogens is 300 g/mol. The zero-order valence-electron chi connectivity index (χ0n) is 10.6. The Balaban J connectivity index is 2.25. The van der Waals surface area contributed by atoms with Crippen LogP contribution in [0.3, 0.4) is 0 Å². The number of ketones is 1. The number of benzene rings is 1. The summed E-state index contributed by atoms with van der Waals surface area (Å²) in [6, 6.07) is 7.07. The number of hydrogen-bond acceptors (Lipinski definition) is 4. The molecule has 0 aliphatic heterocycles. The molecular formula is C13H11ClN2O3S. The minimum atomic E-state index is -0.662. The van der Waals surface area contributed by atoms with Gasteiger partial charge in [-0.05, 0) is 18.4 Å². The van der Waals surface area contributed by atoms with Crippen LogP contribution in [0.4, 0.5) is 0 Å². The molecule has 0 spiro atoms. The van der Waals surface area contributed by atoms with Crippen molar-refractivity contribution in [3.63, 3.8) is 0 Å². The molecule has 0 radical (unpaired) electrons. The van der Waals surface area contributed by atoms with Gasteiger partial charge in [-0.2, -0.15) is 0 Å². The Hall–Kier alpha value is -1.79. The van der Waals surface area contributed by atoms with Crippen LogP contribution in [0.1, 0.15) is 10.4 Å². The fraction of sp³-hybridized carbons (Fsp3) is 0.154. The Morgan fingerprint density at radius 1 is 1.30 bits per heavy atom. The molecule has 7 heteroatoms. The van der Waals surface area contributed by atoms with Gasteiger partial charge < -0.3 is 0 Å². The number of aromatic nitrogens is 2. The van der Waals surface area contributed by atoms with Crippen LogP contribution in [-0.2, 0) is 6.54 Å². The topological polar surface area (TPSA) is 71.9 Å². The number of hydrogen-bond donors (Lipinski definition) is 1. The first-order chi connectivity index (χ1) is 9.51. The van der Waals surface area contributed by atoms with Crippen molar-refractivity contribution < 1.29 is 4.79 Å². The Bertz CT molecular complexity index is 749. The van der Waals surface area contributed by atoms with E-state index in [1.807, 2.05) is 23.4 Å². The van der Waals surface area contributed by atoms with E-state index < -0.39 is 11.2 Å². The van der Waals surface area contributed by atoms with Gasteiger partial charge in [0, 0.05) is 16.7 Å². The van der Waals surface area contributed by atoms with Crippen LogP contribution in [0.25, 0.3) is 0 Å². The van der Waals surface area contributed by atoms with Gasteiger partial charge in [0.25, 0.3) is 5.56 Å². The largest absolute Gasteiger partial charge is 0.328 e. The predicted octanol–water partition coefficient (Wildman–Crippen LogP) is 1.79. The van der Waals surface area contributed by atoms with E-state index in [1.165, 1.54) is 0 Å². The molecule has 20 heavy (non-hydrogen) atoms. The molecule has 0 saturated heterocycles. The quantitative estimate of drug-likeness (QED) is 0.690. The van der Waals surface area contributed by atoms with Gasteiger partial charge in [0.05, 0.1) is 6.54 Å². The van der Waals surface area contributed by atoms with Crippen molar-refractivity contribution in [3.05, 3.63) is 61.9 Å². The molecule has 0 unspecified atom stereocenters. The number of nitrogens with zero attached hydrogens (tertiary/aromatic N) is 1. The lowest BCUT2D eigenvalue weighted by Crippen LogP contribution is -2.31. The summed E-state index contributed by atoms with van der Waals surface area (Å²) in [6.45, 7) is -0.173. The van der Waals surface area contributed by atoms with Crippen LogP contribution in [0.5, 0.6) is 0 Å². The average Bonchev–Trinajstić information content (AvgIpc) is 2.44. The maximum Gasteiger partial charge on any atom is 0.328 e. The predicted molar refractivity (Wildman–Crippen MR) is 78.9 cm³/mol. The van der Waals surface area contributed by atoms with Gasteiger partial charge in [-0.1, -0.05) is 23.7 Å². The Kier molecular flexibility index (Phi) is 4.46. The summed E-state index contributed by atoms with van der Waals surface area (Å²) in [7, 11) is 0. The number of thioether (sulfide) groups is 1. The van der Waals surface area contributed by atoms with Crippen molar-refractivity contribution in [1.82, 2.24) is 9.55 Å². The third-order valence-corrected chi connectivity index (χ3v) is 3.71. The highest BCUT2D eigenvalue weighted by Gasteiger charge is 2.09. The van der Waals surface area contributed by atoms with Crippen LogP contribution in [0.2, 0.25) is 5.02 Å². The summed E-state index contributed by atoms with van der Waals surface area (Å²) < 4.78 is 1.08. The molecule has 1 N–H and O–H groups in total. The normalized spacial score (nSPS) is 10.5. The van der Waals surface area contributed by atoms with E-state index in [0.29, 0.717) is 5.56 Å². The Morgan fingerprint density at radius 3 is 2.55 bits per heavy atom. The van der Waals surface area contributed by atoms with Crippen molar-refractivity contribution in [3.8, 4) is 0 Å². The summed E-state index contributed by atoms with van der Waals surface area (Å²) in [5.74, 6) is -0.233. The van der Waals surface area contributed by atoms with Crippen molar-refractivity contribution in [2.24, 2.45) is 0 Å². The van der Waals surface area contributed by atoms with Gasteiger partial charge in [0.2, 0.25) is 0 Å². The standard InChI is InChI=1S/C13H11ClN2O3S/c1-20-9-4-2-8(3-5-9)11(17)7-16-6-10(14)12(18)15-13(16)19/h2-6H,7H2,1H3,(H,15,18,19). The lowest BCUT2D eigenvalue weighted by molar-refractivity contribution is 0.0970. The second-order valence-electron chi connectivity index (χ2n) is 4.02. The van der Waals surface area contributed by atoms with Gasteiger partial charge in [-0.3, -0.25) is 19.1 Å². The molecule has 104 valence electrons. The molecule has 2 aromatic rings. The maximum absolute atomic E-state index is 12.1. The van der Waals surface area contributed by atoms with Gasteiger partial charge in [0.15, 0.2) is 5.78 Å². The van der Waals surface area contributed by atoms with E-state index in [2.05, 4.69) is 0 Å². The lowest BCUT2D eigenvalue weighted by Gasteiger charge is -2.05. The fourth-order valence-electron chi connectivity index (χ4n) is 1.62. The molecule has 0 amide bonds. The minimum Gasteiger partial charge on any atom is -0.292 e. The smallest absolute Gasteiger partial charge is 0.292 e. The molecule has 1 aromatic heterocycles. The average molecular weight is 311 g/mol. The van der Waals surface area contributed by atoms with Crippen LogP contribution >= 0.6 is 23.4 Å². The van der Waals surface area contributed by atoms with E-state index >= 15 is 0 Å². The number of H-pyrrole nitrogens is 1. The first-order valence-corrected chi connectivity index (χ1v) is 7.28. The molecule has 0 bridgehead atoms. The highest BCUT2D eigenvalue weighted by atomic mass is 35.5. The molecule has 0 atom stereocenters. The number of carbonyl (C=O) groups is 1. The van der Waals surface area contributed by atoms with Crippen molar-refractivity contribution >= 4 is 29.1 Å². The van der Waals surface area contributed by atoms with Gasteiger partial charge in [-0.15, -0.1) is 11.8 Å². The zero-order chi connectivity index (χ0) is 14.7. The third-order valence-electron chi connectivity index (χ3n) is 2.69. The molecule has 0 fully saturated rings. The number of nitrogens with one attached hydrogen (secondary N) is 1. The Labute approximate surface area is 123 Å². The highest BCUT2D eigenvalue weighted by Crippen LogP contribution is 2.15. The van der Waals surface area contributed by atoms with E-state index in [1.54, 1.807) is 23.9 Å². The molecule has 5 nitrogen and oxygen atoms in total. The van der Waals surface area contributed by atoms with Gasteiger partial charge in [-0.25, -0.2) is 4.79 Å². The Morgan fingerprint density at radius 2 is 1.95 bits per heavy atom. The zero-order valence-corrected chi connectivity index (χ0v) is 12.1. The van der Waals surface area contributed by atoms with E-state index in [4.69, 9.17) is 11.6 Å².